The molecule has 0 aliphatic carbocycles. The number of nitrogens with zero attached hydrogens (tertiary/aromatic N) is 2. The molecule has 114 valence electrons. The molecule has 0 spiro atoms. The lowest BCUT2D eigenvalue weighted by atomic mass is 10.2. The van der Waals surface area contributed by atoms with Crippen molar-refractivity contribution in [2.75, 3.05) is 6.79 Å². The minimum Gasteiger partial charge on any atom is -0.454 e. The molecule has 1 aromatic heterocycles. The SMILES string of the molecule is CCn1nccc1CNC(=O)/C=C/c1ccc2c(c1)OCO2. The van der Waals surface area contributed by atoms with Crippen molar-refractivity contribution in [2.24, 2.45) is 0 Å². The zero-order valence-electron chi connectivity index (χ0n) is 12.3. The third-order valence-corrected chi connectivity index (χ3v) is 3.37. The highest BCUT2D eigenvalue weighted by Gasteiger charge is 2.12. The molecule has 2 aromatic rings. The summed E-state index contributed by atoms with van der Waals surface area (Å²) in [6.07, 6.45) is 4.98. The van der Waals surface area contributed by atoms with Crippen molar-refractivity contribution in [3.05, 3.63) is 47.8 Å². The number of amides is 1. The molecule has 3 rings (SSSR count). The van der Waals surface area contributed by atoms with Gasteiger partial charge >= 0.3 is 0 Å². The Kier molecular flexibility index (Phi) is 4.09. The van der Waals surface area contributed by atoms with E-state index in [0.717, 1.165) is 23.6 Å². The van der Waals surface area contributed by atoms with Crippen molar-refractivity contribution in [3.63, 3.8) is 0 Å². The van der Waals surface area contributed by atoms with E-state index in [1.165, 1.54) is 6.08 Å². The maximum absolute atomic E-state index is 11.9. The molecule has 1 aliphatic heterocycles. The Morgan fingerprint density at radius 1 is 1.36 bits per heavy atom. The predicted octanol–water partition coefficient (Wildman–Crippen LogP) is 1.96. The second kappa shape index (κ2) is 6.34. The summed E-state index contributed by atoms with van der Waals surface area (Å²) < 4.78 is 12.4. The van der Waals surface area contributed by atoms with Gasteiger partial charge in [-0.05, 0) is 36.8 Å². The zero-order chi connectivity index (χ0) is 15.4. The third-order valence-electron chi connectivity index (χ3n) is 3.37. The number of aromatic nitrogens is 2. The number of carbonyl (C=O) groups is 1. The smallest absolute Gasteiger partial charge is 0.244 e. The van der Waals surface area contributed by atoms with Crippen LogP contribution in [0.1, 0.15) is 18.2 Å². The maximum Gasteiger partial charge on any atom is 0.244 e. The van der Waals surface area contributed by atoms with Gasteiger partial charge in [-0.1, -0.05) is 6.07 Å². The van der Waals surface area contributed by atoms with Crippen LogP contribution in [0.4, 0.5) is 0 Å². The first-order valence-corrected chi connectivity index (χ1v) is 7.12. The summed E-state index contributed by atoms with van der Waals surface area (Å²) in [6.45, 7) is 3.50. The Labute approximate surface area is 128 Å². The van der Waals surface area contributed by atoms with Gasteiger partial charge in [0, 0.05) is 18.8 Å². The fraction of sp³-hybridized carbons (Fsp3) is 0.250. The fourth-order valence-corrected chi connectivity index (χ4v) is 2.22. The lowest BCUT2D eigenvalue weighted by Gasteiger charge is -2.05. The zero-order valence-corrected chi connectivity index (χ0v) is 12.3. The van der Waals surface area contributed by atoms with Crippen LogP contribution in [0, 0.1) is 0 Å². The Morgan fingerprint density at radius 2 is 2.23 bits per heavy atom. The van der Waals surface area contributed by atoms with E-state index in [0.29, 0.717) is 12.3 Å². The monoisotopic (exact) mass is 299 g/mol. The largest absolute Gasteiger partial charge is 0.454 e. The molecular formula is C16H17N3O3. The summed E-state index contributed by atoms with van der Waals surface area (Å²) >= 11 is 0. The fourth-order valence-electron chi connectivity index (χ4n) is 2.22. The van der Waals surface area contributed by atoms with Crippen molar-refractivity contribution in [1.82, 2.24) is 15.1 Å². The number of nitrogens with one attached hydrogen (secondary N) is 1. The van der Waals surface area contributed by atoms with E-state index < -0.39 is 0 Å². The summed E-state index contributed by atoms with van der Waals surface area (Å²) in [6, 6.07) is 7.45. The molecule has 0 radical (unpaired) electrons. The van der Waals surface area contributed by atoms with Gasteiger partial charge in [0.05, 0.1) is 12.2 Å². The maximum atomic E-state index is 11.9. The van der Waals surface area contributed by atoms with Gasteiger partial charge in [0.15, 0.2) is 11.5 Å². The van der Waals surface area contributed by atoms with Crippen LogP contribution >= 0.6 is 0 Å². The van der Waals surface area contributed by atoms with Gasteiger partial charge in [-0.25, -0.2) is 0 Å². The van der Waals surface area contributed by atoms with Gasteiger partial charge in [-0.2, -0.15) is 5.10 Å². The van der Waals surface area contributed by atoms with Gasteiger partial charge in [-0.3, -0.25) is 9.48 Å². The van der Waals surface area contributed by atoms with Crippen molar-refractivity contribution in [1.29, 1.82) is 0 Å². The first-order chi connectivity index (χ1) is 10.8. The van der Waals surface area contributed by atoms with Gasteiger partial charge in [0.2, 0.25) is 12.7 Å². The van der Waals surface area contributed by atoms with Crippen LogP contribution in [-0.2, 0) is 17.9 Å². The van der Waals surface area contributed by atoms with Crippen LogP contribution in [0.2, 0.25) is 0 Å². The quantitative estimate of drug-likeness (QED) is 0.857. The molecule has 1 aromatic carbocycles. The van der Waals surface area contributed by atoms with E-state index in [4.69, 9.17) is 9.47 Å². The van der Waals surface area contributed by atoms with Crippen LogP contribution < -0.4 is 14.8 Å². The normalized spacial score (nSPS) is 12.8. The number of ether oxygens (including phenoxy) is 2. The average Bonchev–Trinajstić information content (AvgIpc) is 3.18. The van der Waals surface area contributed by atoms with Gasteiger partial charge in [0.1, 0.15) is 0 Å². The van der Waals surface area contributed by atoms with E-state index in [1.54, 1.807) is 12.3 Å². The molecule has 1 N–H and O–H groups in total. The van der Waals surface area contributed by atoms with Gasteiger partial charge in [0.25, 0.3) is 0 Å². The van der Waals surface area contributed by atoms with E-state index >= 15 is 0 Å². The minimum atomic E-state index is -0.151. The summed E-state index contributed by atoms with van der Waals surface area (Å²) in [5, 5.41) is 7.00. The highest BCUT2D eigenvalue weighted by Crippen LogP contribution is 2.32. The van der Waals surface area contributed by atoms with E-state index in [1.807, 2.05) is 35.9 Å². The number of hydrogen-bond acceptors (Lipinski definition) is 4. The summed E-state index contributed by atoms with van der Waals surface area (Å²) in [7, 11) is 0. The minimum absolute atomic E-state index is 0.151. The number of benzene rings is 1. The molecule has 0 unspecified atom stereocenters. The van der Waals surface area contributed by atoms with Gasteiger partial charge in [-0.15, -0.1) is 0 Å². The highest BCUT2D eigenvalue weighted by atomic mass is 16.7. The topological polar surface area (TPSA) is 65.4 Å². The molecule has 0 saturated heterocycles. The van der Waals surface area contributed by atoms with Crippen molar-refractivity contribution >= 4 is 12.0 Å². The second-order valence-electron chi connectivity index (χ2n) is 4.80. The average molecular weight is 299 g/mol. The number of aryl methyl sites for hydroxylation is 1. The lowest BCUT2D eigenvalue weighted by molar-refractivity contribution is -0.116. The summed E-state index contributed by atoms with van der Waals surface area (Å²) in [5.41, 5.74) is 1.87. The first-order valence-electron chi connectivity index (χ1n) is 7.12. The predicted molar refractivity (Wildman–Crippen MR) is 81.3 cm³/mol. The third kappa shape index (κ3) is 3.11. The summed E-state index contributed by atoms with van der Waals surface area (Å²) in [4.78, 5) is 11.9. The molecule has 22 heavy (non-hydrogen) atoms. The first kappa shape index (κ1) is 14.2. The van der Waals surface area contributed by atoms with Gasteiger partial charge < -0.3 is 14.8 Å². The standard InChI is InChI=1S/C16H17N3O3/c1-2-19-13(7-8-18-19)10-17-16(20)6-4-12-3-5-14-15(9-12)22-11-21-14/h3-9H,2,10-11H2,1H3,(H,17,20)/b6-4+. The molecule has 6 heteroatoms. The van der Waals surface area contributed by atoms with Crippen molar-refractivity contribution < 1.29 is 14.3 Å². The molecule has 0 fully saturated rings. The highest BCUT2D eigenvalue weighted by molar-refractivity contribution is 5.91. The van der Waals surface area contributed by atoms with Crippen LogP contribution in [0.5, 0.6) is 11.5 Å². The van der Waals surface area contributed by atoms with Crippen molar-refractivity contribution in [3.8, 4) is 11.5 Å². The van der Waals surface area contributed by atoms with E-state index in [2.05, 4.69) is 10.4 Å². The van der Waals surface area contributed by atoms with Crippen LogP contribution in [0.15, 0.2) is 36.5 Å². The Morgan fingerprint density at radius 3 is 3.09 bits per heavy atom. The summed E-state index contributed by atoms with van der Waals surface area (Å²) in [5.74, 6) is 1.28. The molecule has 0 saturated carbocycles. The molecule has 1 aliphatic rings. The van der Waals surface area contributed by atoms with E-state index in [9.17, 15) is 4.79 Å². The molecule has 2 heterocycles. The van der Waals surface area contributed by atoms with Crippen LogP contribution in [-0.4, -0.2) is 22.5 Å². The van der Waals surface area contributed by atoms with Crippen LogP contribution in [0.25, 0.3) is 6.08 Å². The number of carbonyl (C=O) groups excluding carboxylic acids is 1. The van der Waals surface area contributed by atoms with Crippen molar-refractivity contribution in [2.45, 2.75) is 20.0 Å². The molecular weight excluding hydrogens is 282 g/mol. The number of fused-ring (bicyclic) bond motifs is 1. The molecule has 0 atom stereocenters. The Hall–Kier alpha value is -2.76. The van der Waals surface area contributed by atoms with E-state index in [-0.39, 0.29) is 12.7 Å². The molecule has 0 bridgehead atoms. The lowest BCUT2D eigenvalue weighted by Crippen LogP contribution is -2.22. The number of hydrogen-bond donors (Lipinski definition) is 1. The molecule has 6 nitrogen and oxygen atoms in total. The second-order valence-corrected chi connectivity index (χ2v) is 4.80. The van der Waals surface area contributed by atoms with Crippen LogP contribution in [0.3, 0.4) is 0 Å². The Balaban J connectivity index is 1.57. The molecule has 1 amide bonds. The number of rotatable bonds is 5. The Bertz CT molecular complexity index is 706.